The standard InChI is InChI=1S/C12H20O3.C10H18O2.Al.Li.4H/c1-3-5-6-12(11(13)15-4-2)7-9-14-10-8-12;1-2-3-4-10(9-11)5-7-12-8-6-10;;;;;;/h3H,1,4-10H2,2H3;2,11H,1,3-9H2;;;;;;/q;;;+1;;;;-1. The van der Waals surface area contributed by atoms with E-state index >= 15 is 0 Å². The summed E-state index contributed by atoms with van der Waals surface area (Å²) in [6.45, 7) is 12.9. The zero-order valence-corrected chi connectivity index (χ0v) is 18.0. The van der Waals surface area contributed by atoms with Crippen molar-refractivity contribution in [3.05, 3.63) is 25.3 Å². The van der Waals surface area contributed by atoms with Crippen LogP contribution in [-0.2, 0) is 19.0 Å². The monoisotopic (exact) mass is 420 g/mol. The van der Waals surface area contributed by atoms with Crippen LogP contribution in [0.4, 0.5) is 0 Å². The van der Waals surface area contributed by atoms with Crippen LogP contribution >= 0.6 is 0 Å². The molecule has 2 fully saturated rings. The topological polar surface area (TPSA) is 65.0 Å². The van der Waals surface area contributed by atoms with Crippen LogP contribution in [0, 0.1) is 10.8 Å². The van der Waals surface area contributed by atoms with E-state index in [4.69, 9.17) is 14.2 Å². The van der Waals surface area contributed by atoms with E-state index in [-0.39, 0.29) is 54.4 Å². The van der Waals surface area contributed by atoms with Crippen molar-refractivity contribution < 1.29 is 44.4 Å². The summed E-state index contributed by atoms with van der Waals surface area (Å²) in [5, 5.41) is 9.28. The maximum atomic E-state index is 11.9. The summed E-state index contributed by atoms with van der Waals surface area (Å²) >= 11 is 0. The molecular weight excluding hydrogens is 378 g/mol. The van der Waals surface area contributed by atoms with Crippen LogP contribution in [0.3, 0.4) is 0 Å². The minimum atomic E-state index is -0.317. The molecule has 0 aliphatic carbocycles. The van der Waals surface area contributed by atoms with Gasteiger partial charge in [0.25, 0.3) is 0 Å². The van der Waals surface area contributed by atoms with Crippen LogP contribution in [0.2, 0.25) is 0 Å². The van der Waals surface area contributed by atoms with E-state index in [1.807, 2.05) is 19.1 Å². The second kappa shape index (κ2) is 17.6. The van der Waals surface area contributed by atoms with E-state index in [1.165, 1.54) is 0 Å². The molecule has 0 aromatic heterocycles. The molecule has 2 rings (SSSR count). The summed E-state index contributed by atoms with van der Waals surface area (Å²) in [5.74, 6) is -0.0600. The van der Waals surface area contributed by atoms with Crippen LogP contribution in [0.1, 0.15) is 59.7 Å². The van der Waals surface area contributed by atoms with E-state index < -0.39 is 0 Å². The molecule has 2 saturated heterocycles. The first-order chi connectivity index (χ1) is 13.1. The largest absolute Gasteiger partial charge is 1.00 e. The second-order valence-electron chi connectivity index (χ2n) is 7.54. The van der Waals surface area contributed by atoms with Gasteiger partial charge < -0.3 is 20.7 Å². The molecule has 0 aromatic rings. The average Bonchev–Trinajstić information content (AvgIpc) is 2.73. The van der Waals surface area contributed by atoms with Gasteiger partial charge in [-0.15, -0.1) is 13.2 Å². The molecule has 0 aromatic carbocycles. The van der Waals surface area contributed by atoms with Gasteiger partial charge in [0.05, 0.1) is 12.0 Å². The quantitative estimate of drug-likeness (QED) is 0.323. The van der Waals surface area contributed by atoms with Crippen LogP contribution in [0.15, 0.2) is 25.3 Å². The second-order valence-corrected chi connectivity index (χ2v) is 7.54. The number of carbonyl (C=O) groups excluding carboxylic acids is 1. The van der Waals surface area contributed by atoms with Gasteiger partial charge in [-0.3, -0.25) is 4.79 Å². The third-order valence-corrected chi connectivity index (χ3v) is 5.75. The number of hydrogen-bond donors (Lipinski definition) is 1. The Morgan fingerprint density at radius 1 is 1.03 bits per heavy atom. The van der Waals surface area contributed by atoms with Gasteiger partial charge >= 0.3 is 24.8 Å². The van der Waals surface area contributed by atoms with Crippen molar-refractivity contribution in [3.63, 3.8) is 0 Å². The molecule has 0 radical (unpaired) electrons. The smallest absolute Gasteiger partial charge is 1.00 e. The van der Waals surface area contributed by atoms with Gasteiger partial charge in [-0.25, -0.2) is 0 Å². The van der Waals surface area contributed by atoms with Gasteiger partial charge in [0, 0.05) is 33.0 Å². The first-order valence-corrected chi connectivity index (χ1v) is 10.2. The Bertz CT molecular complexity index is 453. The predicted molar refractivity (Wildman–Crippen MR) is 119 cm³/mol. The minimum Gasteiger partial charge on any atom is -1.00 e. The van der Waals surface area contributed by atoms with Gasteiger partial charge in [0.2, 0.25) is 0 Å². The zero-order valence-electron chi connectivity index (χ0n) is 19.0. The summed E-state index contributed by atoms with van der Waals surface area (Å²) in [4.78, 5) is 11.9. The first kappa shape index (κ1) is 31.1. The summed E-state index contributed by atoms with van der Waals surface area (Å²) in [6, 6.07) is 0. The van der Waals surface area contributed by atoms with E-state index in [0.29, 0.717) is 26.4 Å². The maximum absolute atomic E-state index is 11.9. The normalized spacial score (nSPS) is 19.2. The van der Waals surface area contributed by atoms with Crippen molar-refractivity contribution in [1.29, 1.82) is 0 Å². The van der Waals surface area contributed by atoms with Crippen molar-refractivity contribution in [2.45, 2.75) is 58.3 Å². The number of carbonyl (C=O) groups is 1. The summed E-state index contributed by atoms with van der Waals surface area (Å²) in [5.41, 5.74) is -0.186. The molecule has 2 aliphatic heterocycles. The molecule has 2 aliphatic rings. The van der Waals surface area contributed by atoms with E-state index in [0.717, 1.165) is 64.6 Å². The molecule has 0 saturated carbocycles. The summed E-state index contributed by atoms with van der Waals surface area (Å²) in [6.07, 6.45) is 11.1. The van der Waals surface area contributed by atoms with Crippen molar-refractivity contribution in [3.8, 4) is 0 Å². The molecule has 0 atom stereocenters. The number of allylic oxidation sites excluding steroid dienone is 2. The van der Waals surface area contributed by atoms with E-state index in [2.05, 4.69) is 13.2 Å². The van der Waals surface area contributed by atoms with Gasteiger partial charge in [-0.05, 0) is 63.7 Å². The van der Waals surface area contributed by atoms with Crippen molar-refractivity contribution in [2.75, 3.05) is 39.6 Å². The van der Waals surface area contributed by atoms with Crippen molar-refractivity contribution in [1.82, 2.24) is 0 Å². The predicted octanol–water partition coefficient (Wildman–Crippen LogP) is -0.0132. The molecule has 2 heterocycles. The Kier molecular flexibility index (Phi) is 18.9. The van der Waals surface area contributed by atoms with Crippen molar-refractivity contribution in [2.24, 2.45) is 10.8 Å². The molecule has 164 valence electrons. The van der Waals surface area contributed by atoms with E-state index in [9.17, 15) is 9.90 Å². The zero-order chi connectivity index (χ0) is 20.0. The summed E-state index contributed by atoms with van der Waals surface area (Å²) < 4.78 is 15.7. The molecule has 5 nitrogen and oxygen atoms in total. The average molecular weight is 420 g/mol. The molecule has 0 spiro atoms. The SMILES string of the molecule is C=CCCC1(C(=O)OCC)CCOCC1.C=CCCC1(CO)CCOCC1.[AlH3].[H-].[Li+]. The molecule has 1 N–H and O–H groups in total. The number of esters is 1. The van der Waals surface area contributed by atoms with E-state index in [1.54, 1.807) is 0 Å². The fourth-order valence-electron chi connectivity index (χ4n) is 3.68. The van der Waals surface area contributed by atoms with Crippen LogP contribution < -0.4 is 18.9 Å². The molecular formula is C22H42AlLiO5. The minimum absolute atomic E-state index is 0. The molecule has 29 heavy (non-hydrogen) atoms. The molecule has 0 bridgehead atoms. The fraction of sp³-hybridized carbons (Fsp3) is 0.773. The Hall–Kier alpha value is -0.0401. The first-order valence-electron chi connectivity index (χ1n) is 10.2. The third-order valence-electron chi connectivity index (χ3n) is 5.75. The van der Waals surface area contributed by atoms with Gasteiger partial charge in [0.15, 0.2) is 17.4 Å². The Morgan fingerprint density at radius 3 is 1.97 bits per heavy atom. The molecule has 0 unspecified atom stereocenters. The molecule has 0 amide bonds. The fourth-order valence-corrected chi connectivity index (χ4v) is 3.68. The van der Waals surface area contributed by atoms with Crippen LogP contribution in [0.25, 0.3) is 0 Å². The molecule has 7 heteroatoms. The Balaban J connectivity index is -0.000000450. The summed E-state index contributed by atoms with van der Waals surface area (Å²) in [7, 11) is 0. The van der Waals surface area contributed by atoms with Gasteiger partial charge in [-0.2, -0.15) is 0 Å². The number of rotatable bonds is 9. The van der Waals surface area contributed by atoms with Gasteiger partial charge in [-0.1, -0.05) is 12.2 Å². The maximum Gasteiger partial charge on any atom is 1.00 e. The van der Waals surface area contributed by atoms with Crippen molar-refractivity contribution >= 4 is 23.3 Å². The number of hydrogen-bond acceptors (Lipinski definition) is 5. The number of ether oxygens (including phenoxy) is 3. The Labute approximate surface area is 201 Å². The third kappa shape index (κ3) is 10.7. The number of aliphatic hydroxyl groups excluding tert-OH is 1. The van der Waals surface area contributed by atoms with Crippen LogP contribution in [-0.4, -0.2) is 68.1 Å². The number of aliphatic hydroxyl groups is 1. The van der Waals surface area contributed by atoms with Crippen LogP contribution in [0.5, 0.6) is 0 Å². The Morgan fingerprint density at radius 2 is 1.52 bits per heavy atom. The van der Waals surface area contributed by atoms with Gasteiger partial charge in [0.1, 0.15) is 0 Å².